The van der Waals surface area contributed by atoms with Gasteiger partial charge in [0.05, 0.1) is 23.1 Å². The molecule has 51 heavy (non-hydrogen) atoms. The molecule has 5 heteroatoms. The van der Waals surface area contributed by atoms with Crippen molar-refractivity contribution in [3.8, 4) is 21.9 Å². The molecule has 0 aliphatic heterocycles. The maximum Gasteiger partial charge on any atom is 0.135 e. The zero-order valence-electron chi connectivity index (χ0n) is 28.4. The first kappa shape index (κ1) is 31.1. The SMILES string of the molecule is COC1=CC=C(C2=CC=C(c3ccc(N(c4ccc(-c5cc6ccccc6o5)cc4)c4ccc(-c5nc6ccccc6s5)cc4)cc3)CC2)CC1. The number of hydrogen-bond acceptors (Lipinski definition) is 5. The molecule has 0 saturated heterocycles. The van der Waals surface area contributed by atoms with Gasteiger partial charge >= 0.3 is 0 Å². The van der Waals surface area contributed by atoms with Gasteiger partial charge in [0.2, 0.25) is 0 Å². The molecule has 0 radical (unpaired) electrons. The number of methoxy groups -OCH3 is 1. The summed E-state index contributed by atoms with van der Waals surface area (Å²) < 4.78 is 12.8. The van der Waals surface area contributed by atoms with E-state index in [0.29, 0.717) is 0 Å². The monoisotopic (exact) mass is 680 g/mol. The van der Waals surface area contributed by atoms with Gasteiger partial charge in [0, 0.05) is 40.0 Å². The minimum atomic E-state index is 0.868. The van der Waals surface area contributed by atoms with Crippen molar-refractivity contribution in [2.75, 3.05) is 12.0 Å². The van der Waals surface area contributed by atoms with E-state index >= 15 is 0 Å². The second-order valence-corrected chi connectivity index (χ2v) is 14.1. The van der Waals surface area contributed by atoms with Crippen LogP contribution in [-0.2, 0) is 4.74 Å². The van der Waals surface area contributed by atoms with Crippen LogP contribution in [0, 0.1) is 0 Å². The van der Waals surface area contributed by atoms with E-state index in [4.69, 9.17) is 14.1 Å². The zero-order valence-corrected chi connectivity index (χ0v) is 29.2. The molecule has 5 aromatic carbocycles. The van der Waals surface area contributed by atoms with Crippen molar-refractivity contribution in [2.45, 2.75) is 25.7 Å². The number of aromatic nitrogens is 1. The van der Waals surface area contributed by atoms with Crippen molar-refractivity contribution in [3.05, 3.63) is 174 Å². The number of allylic oxidation sites excluding steroid dienone is 8. The van der Waals surface area contributed by atoms with Gasteiger partial charge in [-0.15, -0.1) is 11.3 Å². The molecule has 7 aromatic rings. The van der Waals surface area contributed by atoms with Crippen molar-refractivity contribution < 1.29 is 9.15 Å². The number of thiazole rings is 1. The molecule has 0 N–H and O–H groups in total. The Kier molecular flexibility index (Phi) is 8.19. The van der Waals surface area contributed by atoms with Crippen LogP contribution in [0.5, 0.6) is 0 Å². The highest BCUT2D eigenvalue weighted by atomic mass is 32.1. The summed E-state index contributed by atoms with van der Waals surface area (Å²) in [6.07, 6.45) is 13.1. The smallest absolute Gasteiger partial charge is 0.135 e. The lowest BCUT2D eigenvalue weighted by atomic mass is 9.87. The molecule has 9 rings (SSSR count). The first-order chi connectivity index (χ1) is 25.2. The summed E-state index contributed by atoms with van der Waals surface area (Å²) in [5.74, 6) is 1.93. The average Bonchev–Trinajstić information content (AvgIpc) is 3.84. The van der Waals surface area contributed by atoms with Crippen LogP contribution >= 0.6 is 11.3 Å². The van der Waals surface area contributed by atoms with Crippen LogP contribution in [0.1, 0.15) is 31.2 Å². The van der Waals surface area contributed by atoms with Gasteiger partial charge in [-0.3, -0.25) is 0 Å². The molecular formula is C46H36N2O2S. The van der Waals surface area contributed by atoms with E-state index in [-0.39, 0.29) is 0 Å². The summed E-state index contributed by atoms with van der Waals surface area (Å²) in [4.78, 5) is 7.21. The van der Waals surface area contributed by atoms with E-state index in [1.165, 1.54) is 27.0 Å². The van der Waals surface area contributed by atoms with E-state index in [1.54, 1.807) is 18.4 Å². The van der Waals surface area contributed by atoms with Gasteiger partial charge < -0.3 is 14.1 Å². The van der Waals surface area contributed by atoms with Crippen LogP contribution in [0.15, 0.2) is 173 Å². The number of anilines is 3. The summed E-state index contributed by atoms with van der Waals surface area (Å²) in [7, 11) is 1.75. The molecular weight excluding hydrogens is 645 g/mol. The van der Waals surface area contributed by atoms with E-state index in [2.05, 4.69) is 132 Å². The van der Waals surface area contributed by atoms with Crippen molar-refractivity contribution >= 4 is 55.2 Å². The zero-order chi connectivity index (χ0) is 34.1. The van der Waals surface area contributed by atoms with Gasteiger partial charge in [-0.05, 0) is 133 Å². The third-order valence-corrected chi connectivity index (χ3v) is 11.0. The summed E-state index contributed by atoms with van der Waals surface area (Å²) in [5, 5.41) is 2.14. The van der Waals surface area contributed by atoms with Crippen molar-refractivity contribution in [1.82, 2.24) is 4.98 Å². The topological polar surface area (TPSA) is 38.5 Å². The van der Waals surface area contributed by atoms with Crippen LogP contribution in [0.25, 0.3) is 48.7 Å². The number of rotatable bonds is 8. The van der Waals surface area contributed by atoms with E-state index in [9.17, 15) is 0 Å². The number of para-hydroxylation sites is 2. The Bertz CT molecular complexity index is 2310. The highest BCUT2D eigenvalue weighted by Gasteiger charge is 2.18. The Morgan fingerprint density at radius 3 is 1.80 bits per heavy atom. The third-order valence-electron chi connectivity index (χ3n) is 9.93. The Morgan fingerprint density at radius 1 is 0.588 bits per heavy atom. The molecule has 2 aliphatic carbocycles. The molecule has 248 valence electrons. The summed E-state index contributed by atoms with van der Waals surface area (Å²) in [5.41, 5.74) is 12.9. The van der Waals surface area contributed by atoms with Gasteiger partial charge in [-0.1, -0.05) is 60.7 Å². The Morgan fingerprint density at radius 2 is 1.18 bits per heavy atom. The second-order valence-electron chi connectivity index (χ2n) is 13.0. The minimum absolute atomic E-state index is 0.868. The van der Waals surface area contributed by atoms with Crippen molar-refractivity contribution in [2.24, 2.45) is 0 Å². The highest BCUT2D eigenvalue weighted by Crippen LogP contribution is 2.40. The quantitative estimate of drug-likeness (QED) is 0.160. The molecule has 0 fully saturated rings. The number of benzene rings is 5. The summed E-state index contributed by atoms with van der Waals surface area (Å²) in [6, 6.07) is 45.0. The lowest BCUT2D eigenvalue weighted by Gasteiger charge is -2.26. The van der Waals surface area contributed by atoms with E-state index < -0.39 is 0 Å². The van der Waals surface area contributed by atoms with Gasteiger partial charge in [0.25, 0.3) is 0 Å². The van der Waals surface area contributed by atoms with Crippen LogP contribution in [0.3, 0.4) is 0 Å². The fourth-order valence-corrected chi connectivity index (χ4v) is 8.09. The van der Waals surface area contributed by atoms with Crippen molar-refractivity contribution in [3.63, 3.8) is 0 Å². The number of hydrogen-bond donors (Lipinski definition) is 0. The van der Waals surface area contributed by atoms with Gasteiger partial charge in [0.15, 0.2) is 0 Å². The van der Waals surface area contributed by atoms with Crippen molar-refractivity contribution in [1.29, 1.82) is 0 Å². The normalized spacial score (nSPS) is 14.5. The largest absolute Gasteiger partial charge is 0.501 e. The highest BCUT2D eigenvalue weighted by molar-refractivity contribution is 7.21. The Labute approximate surface area is 302 Å². The molecule has 0 bridgehead atoms. The first-order valence-electron chi connectivity index (χ1n) is 17.5. The van der Waals surface area contributed by atoms with Crippen LogP contribution in [-0.4, -0.2) is 12.1 Å². The molecule has 2 heterocycles. The number of fused-ring (bicyclic) bond motifs is 2. The van der Waals surface area contributed by atoms with Gasteiger partial charge in [0.1, 0.15) is 16.4 Å². The van der Waals surface area contributed by atoms with Crippen LogP contribution < -0.4 is 4.90 Å². The Hall–Kier alpha value is -5.91. The Balaban J connectivity index is 1.03. The van der Waals surface area contributed by atoms with Gasteiger partial charge in [-0.25, -0.2) is 4.98 Å². The number of nitrogens with zero attached hydrogens (tertiary/aromatic N) is 2. The molecule has 2 aromatic heterocycles. The minimum Gasteiger partial charge on any atom is -0.501 e. The fraction of sp³-hybridized carbons (Fsp3) is 0.109. The average molecular weight is 681 g/mol. The molecule has 2 aliphatic rings. The third kappa shape index (κ3) is 6.22. The molecule has 0 spiro atoms. The predicted molar refractivity (Wildman–Crippen MR) is 213 cm³/mol. The fourth-order valence-electron chi connectivity index (χ4n) is 7.12. The number of ether oxygens (including phenoxy) is 1. The molecule has 0 unspecified atom stereocenters. The lowest BCUT2D eigenvalue weighted by Crippen LogP contribution is -2.10. The second kappa shape index (κ2) is 13.4. The maximum absolute atomic E-state index is 6.18. The van der Waals surface area contributed by atoms with Crippen LogP contribution in [0.4, 0.5) is 17.1 Å². The molecule has 0 atom stereocenters. The lowest BCUT2D eigenvalue weighted by molar-refractivity contribution is 0.276. The molecule has 0 saturated carbocycles. The predicted octanol–water partition coefficient (Wildman–Crippen LogP) is 13.2. The number of furan rings is 1. The molecule has 4 nitrogen and oxygen atoms in total. The summed E-state index contributed by atoms with van der Waals surface area (Å²) in [6.45, 7) is 0. The standard InChI is InChI=1S/C46H36N2O2S/c1-49-41-28-20-34(21-29-41)32-12-10-31(11-13-32)33-14-22-38(23-15-33)48(39-24-16-35(17-25-39)44-30-37-6-2-4-8-43(37)50-44)40-26-18-36(19-27-40)46-47-42-7-3-5-9-45(42)51-46/h2-10,12,14-20,22-28,30H,11,13,21,29H2,1H3. The molecule has 0 amide bonds. The van der Waals surface area contributed by atoms with Crippen LogP contribution in [0.2, 0.25) is 0 Å². The summed E-state index contributed by atoms with van der Waals surface area (Å²) >= 11 is 1.73. The van der Waals surface area contributed by atoms with Gasteiger partial charge in [-0.2, -0.15) is 0 Å². The maximum atomic E-state index is 6.18. The van der Waals surface area contributed by atoms with E-state index in [1.807, 2.05) is 24.3 Å². The first-order valence-corrected chi connectivity index (χ1v) is 18.3. The van der Waals surface area contributed by atoms with E-state index in [0.717, 1.165) is 86.9 Å².